The van der Waals surface area contributed by atoms with Crippen LogP contribution in [0.2, 0.25) is 0 Å². The third kappa shape index (κ3) is 2.55. The van der Waals surface area contributed by atoms with Crippen molar-refractivity contribution in [3.63, 3.8) is 0 Å². The third-order valence-corrected chi connectivity index (χ3v) is 2.85. The molecule has 1 aromatic carbocycles. The minimum absolute atomic E-state index is 0.511. The van der Waals surface area contributed by atoms with E-state index in [1.807, 2.05) is 0 Å². The van der Waals surface area contributed by atoms with Crippen LogP contribution in [-0.2, 0) is 9.53 Å². The van der Waals surface area contributed by atoms with Crippen molar-refractivity contribution in [1.82, 2.24) is 0 Å². The number of thioether (sulfide) groups is 1. The van der Waals surface area contributed by atoms with Crippen LogP contribution in [0.5, 0.6) is 0 Å². The van der Waals surface area contributed by atoms with Crippen molar-refractivity contribution in [1.29, 1.82) is 0 Å². The summed E-state index contributed by atoms with van der Waals surface area (Å²) in [6.07, 6.45) is -0.683. The van der Waals surface area contributed by atoms with Crippen molar-refractivity contribution in [3.05, 3.63) is 29.1 Å². The lowest BCUT2D eigenvalue weighted by molar-refractivity contribution is -0.150. The first-order valence-electron chi connectivity index (χ1n) is 4.41. The quantitative estimate of drug-likeness (QED) is 0.516. The molecule has 0 aromatic heterocycles. The number of benzene rings is 1. The largest absolute Gasteiger partial charge is 0.467 e. The second-order valence-corrected chi connectivity index (χ2v) is 3.85. The maximum Gasteiger partial charge on any atom is 0.339 e. The van der Waals surface area contributed by atoms with Crippen LogP contribution in [0.25, 0.3) is 0 Å². The highest BCUT2D eigenvalue weighted by Crippen LogP contribution is 2.30. The summed E-state index contributed by atoms with van der Waals surface area (Å²) in [5.74, 6) is -5.14. The van der Waals surface area contributed by atoms with Gasteiger partial charge in [0.05, 0.1) is 12.0 Å². The Balaban J connectivity index is 3.32. The van der Waals surface area contributed by atoms with E-state index in [0.717, 1.165) is 7.11 Å². The molecule has 17 heavy (non-hydrogen) atoms. The van der Waals surface area contributed by atoms with Crippen LogP contribution in [0.4, 0.5) is 13.2 Å². The average molecular weight is 266 g/mol. The van der Waals surface area contributed by atoms with Crippen molar-refractivity contribution in [3.8, 4) is 0 Å². The Kier molecular flexibility index (Phi) is 4.41. The molecular formula is C10H9F3O3S. The molecule has 1 rings (SSSR count). The molecule has 0 saturated carbocycles. The van der Waals surface area contributed by atoms with E-state index >= 15 is 0 Å². The number of carbonyl (C=O) groups excluding carboxylic acids is 1. The van der Waals surface area contributed by atoms with Gasteiger partial charge in [-0.15, -0.1) is 11.8 Å². The first-order valence-corrected chi connectivity index (χ1v) is 5.63. The summed E-state index contributed by atoms with van der Waals surface area (Å²) in [7, 11) is 0.965. The highest BCUT2D eigenvalue weighted by atomic mass is 32.2. The lowest BCUT2D eigenvalue weighted by atomic mass is 10.1. The Morgan fingerprint density at radius 1 is 1.41 bits per heavy atom. The van der Waals surface area contributed by atoms with Crippen LogP contribution in [-0.4, -0.2) is 24.4 Å². The molecule has 0 saturated heterocycles. The number of aliphatic hydroxyl groups excluding tert-OH is 1. The number of esters is 1. The summed E-state index contributed by atoms with van der Waals surface area (Å²) in [4.78, 5) is 10.4. The molecule has 0 spiro atoms. The van der Waals surface area contributed by atoms with Crippen LogP contribution < -0.4 is 0 Å². The van der Waals surface area contributed by atoms with E-state index in [4.69, 9.17) is 0 Å². The van der Waals surface area contributed by atoms with Gasteiger partial charge in [0.25, 0.3) is 0 Å². The molecule has 7 heteroatoms. The Morgan fingerprint density at radius 2 is 2.00 bits per heavy atom. The Bertz CT molecular complexity index is 451. The lowest BCUT2D eigenvalue weighted by Gasteiger charge is -2.12. The Labute approximate surface area is 99.6 Å². The van der Waals surface area contributed by atoms with Crippen LogP contribution in [0.1, 0.15) is 11.7 Å². The van der Waals surface area contributed by atoms with Crippen LogP contribution in [0.15, 0.2) is 11.0 Å². The van der Waals surface area contributed by atoms with E-state index < -0.39 is 40.0 Å². The number of carbonyl (C=O) groups is 1. The lowest BCUT2D eigenvalue weighted by Crippen LogP contribution is -2.16. The van der Waals surface area contributed by atoms with E-state index in [0.29, 0.717) is 17.8 Å². The molecule has 0 heterocycles. The maximum atomic E-state index is 13.5. The zero-order valence-electron chi connectivity index (χ0n) is 8.96. The van der Waals surface area contributed by atoms with Crippen LogP contribution in [0, 0.1) is 17.5 Å². The average Bonchev–Trinajstić information content (AvgIpc) is 2.32. The van der Waals surface area contributed by atoms with Gasteiger partial charge in [0.1, 0.15) is 5.82 Å². The molecule has 0 amide bonds. The molecule has 3 nitrogen and oxygen atoms in total. The van der Waals surface area contributed by atoms with Gasteiger partial charge in [-0.1, -0.05) is 0 Å². The smallest absolute Gasteiger partial charge is 0.339 e. The number of rotatable bonds is 3. The molecule has 1 aromatic rings. The number of hydrogen-bond donors (Lipinski definition) is 1. The normalized spacial score (nSPS) is 12.4. The number of halogens is 3. The molecule has 0 aliphatic carbocycles. The SMILES string of the molecule is COC(=O)C(O)c1cc(F)c(SC)c(F)c1F. The van der Waals surface area contributed by atoms with Crippen molar-refractivity contribution >= 4 is 17.7 Å². The summed E-state index contributed by atoms with van der Waals surface area (Å²) in [6, 6.07) is 0.575. The topological polar surface area (TPSA) is 46.5 Å². The van der Waals surface area contributed by atoms with Gasteiger partial charge in [0.2, 0.25) is 0 Å². The molecule has 0 aliphatic rings. The predicted molar refractivity (Wildman–Crippen MR) is 55.1 cm³/mol. The van der Waals surface area contributed by atoms with Gasteiger partial charge in [0, 0.05) is 5.56 Å². The summed E-state index contributed by atoms with van der Waals surface area (Å²) in [5.41, 5.74) is -0.787. The van der Waals surface area contributed by atoms with Gasteiger partial charge in [-0.3, -0.25) is 0 Å². The number of methoxy groups -OCH3 is 1. The van der Waals surface area contributed by atoms with E-state index in [9.17, 15) is 23.1 Å². The zero-order valence-corrected chi connectivity index (χ0v) is 9.78. The highest BCUT2D eigenvalue weighted by Gasteiger charge is 2.27. The van der Waals surface area contributed by atoms with Crippen molar-refractivity contribution in [2.75, 3.05) is 13.4 Å². The standard InChI is InChI=1S/C10H9F3O3S/c1-16-10(15)8(14)4-3-5(11)9(17-2)7(13)6(4)12/h3,8,14H,1-2H3. The monoisotopic (exact) mass is 266 g/mol. The number of ether oxygens (including phenoxy) is 1. The first-order chi connectivity index (χ1) is 7.93. The molecule has 94 valence electrons. The van der Waals surface area contributed by atoms with E-state index in [2.05, 4.69) is 4.74 Å². The minimum Gasteiger partial charge on any atom is -0.467 e. The second kappa shape index (κ2) is 5.42. The summed E-state index contributed by atoms with van der Waals surface area (Å²) in [5, 5.41) is 9.33. The summed E-state index contributed by atoms with van der Waals surface area (Å²) >= 11 is 0.683. The van der Waals surface area contributed by atoms with E-state index in [1.54, 1.807) is 0 Å². The van der Waals surface area contributed by atoms with Gasteiger partial charge >= 0.3 is 5.97 Å². The maximum absolute atomic E-state index is 13.5. The fourth-order valence-corrected chi connectivity index (χ4v) is 1.74. The number of aliphatic hydroxyl groups is 1. The van der Waals surface area contributed by atoms with Crippen LogP contribution >= 0.6 is 11.8 Å². The fourth-order valence-electron chi connectivity index (χ4n) is 1.22. The van der Waals surface area contributed by atoms with Gasteiger partial charge in [-0.25, -0.2) is 18.0 Å². The predicted octanol–water partition coefficient (Wildman–Crippen LogP) is 2.03. The molecule has 0 fully saturated rings. The molecular weight excluding hydrogens is 257 g/mol. The second-order valence-electron chi connectivity index (χ2n) is 3.03. The first kappa shape index (κ1) is 13.9. The summed E-state index contributed by atoms with van der Waals surface area (Å²) < 4.78 is 44.3. The molecule has 1 N–H and O–H groups in total. The molecule has 1 unspecified atom stereocenters. The molecule has 0 radical (unpaired) electrons. The summed E-state index contributed by atoms with van der Waals surface area (Å²) in [6.45, 7) is 0. The van der Waals surface area contributed by atoms with Crippen molar-refractivity contribution < 1.29 is 27.8 Å². The molecule has 0 bridgehead atoms. The number of hydrogen-bond acceptors (Lipinski definition) is 4. The van der Waals surface area contributed by atoms with E-state index in [1.165, 1.54) is 6.26 Å². The minimum atomic E-state index is -2.06. The van der Waals surface area contributed by atoms with Crippen molar-refractivity contribution in [2.45, 2.75) is 11.0 Å². The Hall–Kier alpha value is -1.21. The van der Waals surface area contributed by atoms with Crippen molar-refractivity contribution in [2.24, 2.45) is 0 Å². The Morgan fingerprint density at radius 3 is 2.47 bits per heavy atom. The van der Waals surface area contributed by atoms with Gasteiger partial charge in [-0.2, -0.15) is 0 Å². The highest BCUT2D eigenvalue weighted by molar-refractivity contribution is 7.98. The van der Waals surface area contributed by atoms with Crippen LogP contribution in [0.3, 0.4) is 0 Å². The zero-order chi connectivity index (χ0) is 13.2. The molecule has 0 aliphatic heterocycles. The molecule has 1 atom stereocenters. The van der Waals surface area contributed by atoms with Gasteiger partial charge < -0.3 is 9.84 Å². The fraction of sp³-hybridized carbons (Fsp3) is 0.300. The van der Waals surface area contributed by atoms with E-state index in [-0.39, 0.29) is 0 Å². The third-order valence-electron chi connectivity index (χ3n) is 2.07. The van der Waals surface area contributed by atoms with Gasteiger partial charge in [0.15, 0.2) is 17.7 Å². The van der Waals surface area contributed by atoms with Gasteiger partial charge in [-0.05, 0) is 12.3 Å².